The molecule has 0 spiro atoms. The molecule has 2 aromatic carbocycles. The highest BCUT2D eigenvalue weighted by Crippen LogP contribution is 2.30. The van der Waals surface area contributed by atoms with E-state index in [1.165, 1.54) is 11.0 Å². The number of rotatable bonds is 7. The lowest BCUT2D eigenvalue weighted by Crippen LogP contribution is -2.25. The maximum absolute atomic E-state index is 12.6. The molecule has 0 fully saturated rings. The van der Waals surface area contributed by atoms with E-state index in [0.29, 0.717) is 28.8 Å². The van der Waals surface area contributed by atoms with Gasteiger partial charge in [0.05, 0.1) is 11.8 Å². The van der Waals surface area contributed by atoms with E-state index in [2.05, 4.69) is 5.32 Å². The number of fused-ring (bicyclic) bond motifs is 1. The summed E-state index contributed by atoms with van der Waals surface area (Å²) in [5.74, 6) is 0.0782. The largest absolute Gasteiger partial charge is 0.483 e. The minimum atomic E-state index is -0.414. The summed E-state index contributed by atoms with van der Waals surface area (Å²) in [5.41, 5.74) is 2.97. The molecule has 0 unspecified atom stereocenters. The Kier molecular flexibility index (Phi) is 6.74. The second-order valence-electron chi connectivity index (χ2n) is 7.54. The SMILES string of the molecule is CCc1cc(=O)oc2cc(C)cc(OCC(=O)Nc3ccccc3CC(=O)N(C)C)c12. The molecule has 1 aromatic heterocycles. The van der Waals surface area contributed by atoms with Gasteiger partial charge in [-0.2, -0.15) is 0 Å². The van der Waals surface area contributed by atoms with Gasteiger partial charge < -0.3 is 19.4 Å². The minimum Gasteiger partial charge on any atom is -0.483 e. The van der Waals surface area contributed by atoms with Crippen molar-refractivity contribution < 1.29 is 18.7 Å². The number of likely N-dealkylation sites (N-methyl/N-ethyl adjacent to an activating group) is 1. The van der Waals surface area contributed by atoms with Gasteiger partial charge in [0.2, 0.25) is 5.91 Å². The number of hydrogen-bond donors (Lipinski definition) is 1. The smallest absolute Gasteiger partial charge is 0.336 e. The number of carbonyl (C=O) groups is 2. The monoisotopic (exact) mass is 422 g/mol. The van der Waals surface area contributed by atoms with E-state index in [0.717, 1.165) is 16.7 Å². The molecule has 0 bridgehead atoms. The van der Waals surface area contributed by atoms with Crippen molar-refractivity contribution in [2.24, 2.45) is 0 Å². The van der Waals surface area contributed by atoms with Gasteiger partial charge in [-0.25, -0.2) is 4.79 Å². The van der Waals surface area contributed by atoms with Crippen LogP contribution in [0.2, 0.25) is 0 Å². The lowest BCUT2D eigenvalue weighted by atomic mass is 10.1. The first-order valence-electron chi connectivity index (χ1n) is 10.1. The summed E-state index contributed by atoms with van der Waals surface area (Å²) < 4.78 is 11.2. The lowest BCUT2D eigenvalue weighted by molar-refractivity contribution is -0.128. The van der Waals surface area contributed by atoms with Crippen molar-refractivity contribution in [2.45, 2.75) is 26.7 Å². The van der Waals surface area contributed by atoms with Crippen molar-refractivity contribution >= 4 is 28.5 Å². The summed E-state index contributed by atoms with van der Waals surface area (Å²) >= 11 is 0. The van der Waals surface area contributed by atoms with Crippen LogP contribution in [-0.4, -0.2) is 37.4 Å². The third-order valence-corrected chi connectivity index (χ3v) is 4.91. The summed E-state index contributed by atoms with van der Waals surface area (Å²) in [5, 5.41) is 3.51. The van der Waals surface area contributed by atoms with E-state index in [-0.39, 0.29) is 24.8 Å². The van der Waals surface area contributed by atoms with Crippen LogP contribution in [0.4, 0.5) is 5.69 Å². The Morgan fingerprint density at radius 3 is 2.55 bits per heavy atom. The fourth-order valence-electron chi connectivity index (χ4n) is 3.31. The number of hydrogen-bond acceptors (Lipinski definition) is 5. The van der Waals surface area contributed by atoms with Gasteiger partial charge >= 0.3 is 5.63 Å². The zero-order chi connectivity index (χ0) is 22.5. The average Bonchev–Trinajstić information content (AvgIpc) is 2.72. The van der Waals surface area contributed by atoms with Gasteiger partial charge in [-0.1, -0.05) is 25.1 Å². The average molecular weight is 422 g/mol. The molecule has 1 N–H and O–H groups in total. The van der Waals surface area contributed by atoms with E-state index in [4.69, 9.17) is 9.15 Å². The molecule has 0 aliphatic heterocycles. The fourth-order valence-corrected chi connectivity index (χ4v) is 3.31. The van der Waals surface area contributed by atoms with Gasteiger partial charge in [-0.15, -0.1) is 0 Å². The standard InChI is InChI=1S/C24H26N2O5/c1-5-16-13-23(29)31-20-11-15(2)10-19(24(16)20)30-14-21(27)25-18-9-7-6-8-17(18)12-22(28)26(3)4/h6-11,13H,5,12,14H2,1-4H3,(H,25,27). The summed E-state index contributed by atoms with van der Waals surface area (Å²) in [4.78, 5) is 38.0. The van der Waals surface area contributed by atoms with Gasteiger partial charge in [-0.3, -0.25) is 9.59 Å². The van der Waals surface area contributed by atoms with E-state index < -0.39 is 5.63 Å². The molecule has 1 heterocycles. The molecule has 0 atom stereocenters. The van der Waals surface area contributed by atoms with E-state index in [1.54, 1.807) is 32.3 Å². The van der Waals surface area contributed by atoms with Crippen molar-refractivity contribution in [1.29, 1.82) is 0 Å². The van der Waals surface area contributed by atoms with Gasteiger partial charge in [-0.05, 0) is 48.2 Å². The highest BCUT2D eigenvalue weighted by Gasteiger charge is 2.15. The van der Waals surface area contributed by atoms with Crippen molar-refractivity contribution in [2.75, 3.05) is 26.0 Å². The Balaban J connectivity index is 1.79. The molecular formula is C24H26N2O5. The molecule has 31 heavy (non-hydrogen) atoms. The van der Waals surface area contributed by atoms with Crippen LogP contribution in [0.5, 0.6) is 5.75 Å². The molecule has 2 amide bonds. The van der Waals surface area contributed by atoms with Crippen molar-refractivity contribution in [3.63, 3.8) is 0 Å². The highest BCUT2D eigenvalue weighted by molar-refractivity contribution is 5.94. The lowest BCUT2D eigenvalue weighted by Gasteiger charge is -2.15. The van der Waals surface area contributed by atoms with Gasteiger partial charge in [0, 0.05) is 25.8 Å². The van der Waals surface area contributed by atoms with E-state index >= 15 is 0 Å². The minimum absolute atomic E-state index is 0.0576. The van der Waals surface area contributed by atoms with Crippen LogP contribution in [0.3, 0.4) is 0 Å². The summed E-state index contributed by atoms with van der Waals surface area (Å²) in [7, 11) is 3.38. The summed E-state index contributed by atoms with van der Waals surface area (Å²) in [6.45, 7) is 3.58. The molecule has 3 aromatic rings. The number of ether oxygens (including phenoxy) is 1. The van der Waals surface area contributed by atoms with Crippen molar-refractivity contribution in [3.8, 4) is 5.75 Å². The van der Waals surface area contributed by atoms with Crippen molar-refractivity contribution in [1.82, 2.24) is 4.90 Å². The van der Waals surface area contributed by atoms with Gasteiger partial charge in [0.15, 0.2) is 6.61 Å². The highest BCUT2D eigenvalue weighted by atomic mass is 16.5. The zero-order valence-corrected chi connectivity index (χ0v) is 18.2. The Bertz CT molecular complexity index is 1180. The number of amides is 2. The molecular weight excluding hydrogens is 396 g/mol. The van der Waals surface area contributed by atoms with E-state index in [1.807, 2.05) is 32.0 Å². The molecule has 7 nitrogen and oxygen atoms in total. The van der Waals surface area contributed by atoms with Crippen molar-refractivity contribution in [3.05, 3.63) is 69.6 Å². The van der Waals surface area contributed by atoms with Crippen LogP contribution in [0.25, 0.3) is 11.0 Å². The second-order valence-corrected chi connectivity index (χ2v) is 7.54. The van der Waals surface area contributed by atoms with Gasteiger partial charge in [0.1, 0.15) is 11.3 Å². The van der Waals surface area contributed by atoms with Crippen LogP contribution in [0.15, 0.2) is 51.7 Å². The Labute approximate surface area is 180 Å². The molecule has 3 rings (SSSR count). The zero-order valence-electron chi connectivity index (χ0n) is 18.2. The number of para-hydroxylation sites is 1. The first-order chi connectivity index (χ1) is 14.8. The predicted molar refractivity (Wildman–Crippen MR) is 120 cm³/mol. The van der Waals surface area contributed by atoms with Crippen LogP contribution in [0.1, 0.15) is 23.6 Å². The van der Waals surface area contributed by atoms with Crippen LogP contribution >= 0.6 is 0 Å². The third kappa shape index (κ3) is 5.31. The quantitative estimate of drug-likeness (QED) is 0.590. The number of benzene rings is 2. The number of carbonyl (C=O) groups excluding carboxylic acids is 2. The first-order valence-corrected chi connectivity index (χ1v) is 10.1. The summed E-state index contributed by atoms with van der Waals surface area (Å²) in [6.07, 6.45) is 0.812. The Morgan fingerprint density at radius 1 is 1.10 bits per heavy atom. The van der Waals surface area contributed by atoms with Crippen LogP contribution < -0.4 is 15.7 Å². The summed E-state index contributed by atoms with van der Waals surface area (Å²) in [6, 6.07) is 12.2. The first kappa shape index (κ1) is 22.1. The number of nitrogens with one attached hydrogen (secondary N) is 1. The fraction of sp³-hybridized carbons (Fsp3) is 0.292. The normalized spacial score (nSPS) is 10.7. The molecule has 162 valence electrons. The van der Waals surface area contributed by atoms with Gasteiger partial charge in [0.25, 0.3) is 5.91 Å². The molecule has 0 aliphatic rings. The van der Waals surface area contributed by atoms with E-state index in [9.17, 15) is 14.4 Å². The molecule has 0 radical (unpaired) electrons. The predicted octanol–water partition coefficient (Wildman–Crippen LogP) is 3.31. The maximum Gasteiger partial charge on any atom is 0.336 e. The Hall–Kier alpha value is -3.61. The number of aryl methyl sites for hydroxylation is 2. The molecule has 0 saturated heterocycles. The number of nitrogens with zero attached hydrogens (tertiary/aromatic N) is 1. The molecule has 7 heteroatoms. The number of anilines is 1. The third-order valence-electron chi connectivity index (χ3n) is 4.91. The van der Waals surface area contributed by atoms with Crippen LogP contribution in [0, 0.1) is 6.92 Å². The maximum atomic E-state index is 12.6. The Morgan fingerprint density at radius 2 is 1.84 bits per heavy atom. The molecule has 0 saturated carbocycles. The molecule has 0 aliphatic carbocycles. The second kappa shape index (κ2) is 9.47. The van der Waals surface area contributed by atoms with Crippen LogP contribution in [-0.2, 0) is 22.4 Å². The topological polar surface area (TPSA) is 88.8 Å².